The van der Waals surface area contributed by atoms with Gasteiger partial charge in [0, 0.05) is 43.6 Å². The molecule has 2 aromatic rings. The van der Waals surface area contributed by atoms with Crippen molar-refractivity contribution in [2.45, 2.75) is 26.2 Å². The van der Waals surface area contributed by atoms with Gasteiger partial charge in [0.25, 0.3) is 5.91 Å². The highest BCUT2D eigenvalue weighted by Gasteiger charge is 2.58. The number of aromatic nitrogens is 2. The van der Waals surface area contributed by atoms with E-state index in [-0.39, 0.29) is 23.7 Å². The zero-order valence-corrected chi connectivity index (χ0v) is 15.9. The van der Waals surface area contributed by atoms with Crippen LogP contribution in [0.5, 0.6) is 0 Å². The number of amides is 2. The van der Waals surface area contributed by atoms with E-state index in [1.165, 1.54) is 0 Å². The van der Waals surface area contributed by atoms with Crippen molar-refractivity contribution in [1.29, 1.82) is 0 Å². The Morgan fingerprint density at radius 2 is 1.81 bits per heavy atom. The Balaban J connectivity index is 1.64. The maximum Gasteiger partial charge on any atom is 0.253 e. The number of carbonyl (C=O) groups is 2. The van der Waals surface area contributed by atoms with E-state index >= 15 is 0 Å². The van der Waals surface area contributed by atoms with Crippen LogP contribution in [0.15, 0.2) is 34.9 Å². The summed E-state index contributed by atoms with van der Waals surface area (Å²) in [7, 11) is 0. The average Bonchev–Trinajstić information content (AvgIpc) is 3.33. The van der Waals surface area contributed by atoms with E-state index in [1.807, 2.05) is 54.0 Å². The molecule has 0 spiro atoms. The van der Waals surface area contributed by atoms with Gasteiger partial charge >= 0.3 is 0 Å². The summed E-state index contributed by atoms with van der Waals surface area (Å²) in [5.74, 6) is 1.26. The lowest BCUT2D eigenvalue weighted by Gasteiger charge is -2.26. The van der Waals surface area contributed by atoms with E-state index in [4.69, 9.17) is 4.52 Å². The molecule has 2 aliphatic rings. The van der Waals surface area contributed by atoms with Crippen molar-refractivity contribution in [3.63, 3.8) is 0 Å². The van der Waals surface area contributed by atoms with E-state index in [1.54, 1.807) is 6.92 Å². The predicted molar refractivity (Wildman–Crippen MR) is 98.0 cm³/mol. The van der Waals surface area contributed by atoms with Crippen molar-refractivity contribution in [2.24, 2.45) is 11.8 Å². The lowest BCUT2D eigenvalue weighted by Crippen LogP contribution is -2.42. The second-order valence-corrected chi connectivity index (χ2v) is 7.92. The Kier molecular flexibility index (Phi) is 4.25. The lowest BCUT2D eigenvalue weighted by atomic mass is 9.81. The van der Waals surface area contributed by atoms with Crippen LogP contribution in [0.3, 0.4) is 0 Å². The number of rotatable bonds is 3. The first-order valence-corrected chi connectivity index (χ1v) is 9.34. The van der Waals surface area contributed by atoms with Gasteiger partial charge in [-0.2, -0.15) is 4.98 Å². The van der Waals surface area contributed by atoms with Crippen LogP contribution in [0.2, 0.25) is 0 Å². The Hall–Kier alpha value is -2.70. The van der Waals surface area contributed by atoms with Crippen LogP contribution < -0.4 is 0 Å². The molecule has 2 unspecified atom stereocenters. The molecule has 2 fully saturated rings. The molecular formula is C20H24N4O3. The summed E-state index contributed by atoms with van der Waals surface area (Å²) in [5, 5.41) is 3.96. The third-order valence-corrected chi connectivity index (χ3v) is 5.68. The highest BCUT2D eigenvalue weighted by molar-refractivity contribution is 5.94. The van der Waals surface area contributed by atoms with Gasteiger partial charge < -0.3 is 14.3 Å². The van der Waals surface area contributed by atoms with E-state index in [2.05, 4.69) is 10.1 Å². The van der Waals surface area contributed by atoms with Crippen molar-refractivity contribution in [1.82, 2.24) is 19.9 Å². The SMILES string of the molecule is Cc1noc(C23CN(C(=O)c4ccccc4)CC2CN(C(=O)C(C)C)C3)n1. The van der Waals surface area contributed by atoms with Gasteiger partial charge in [-0.05, 0) is 19.1 Å². The van der Waals surface area contributed by atoms with Crippen LogP contribution in [-0.4, -0.2) is 57.9 Å². The number of hydrogen-bond donors (Lipinski definition) is 0. The quantitative estimate of drug-likeness (QED) is 0.827. The van der Waals surface area contributed by atoms with Crippen LogP contribution in [0, 0.1) is 18.8 Å². The number of aryl methyl sites for hydroxylation is 1. The molecule has 0 aliphatic carbocycles. The first kappa shape index (κ1) is 17.7. The fourth-order valence-corrected chi connectivity index (χ4v) is 4.32. The lowest BCUT2D eigenvalue weighted by molar-refractivity contribution is -0.133. The Bertz CT molecular complexity index is 863. The summed E-state index contributed by atoms with van der Waals surface area (Å²) in [5.41, 5.74) is 0.181. The minimum absolute atomic E-state index is 0.00217. The molecule has 27 heavy (non-hydrogen) atoms. The van der Waals surface area contributed by atoms with E-state index in [9.17, 15) is 9.59 Å². The van der Waals surface area contributed by atoms with Gasteiger partial charge in [-0.15, -0.1) is 0 Å². The molecule has 2 aliphatic heterocycles. The highest BCUT2D eigenvalue weighted by Crippen LogP contribution is 2.45. The molecule has 1 aromatic carbocycles. The van der Waals surface area contributed by atoms with Gasteiger partial charge in [0.2, 0.25) is 11.8 Å². The molecule has 0 N–H and O–H groups in total. The maximum atomic E-state index is 13.0. The summed E-state index contributed by atoms with van der Waals surface area (Å²) in [6.07, 6.45) is 0. The summed E-state index contributed by atoms with van der Waals surface area (Å²) < 4.78 is 5.54. The Morgan fingerprint density at radius 3 is 2.44 bits per heavy atom. The number of nitrogens with zero attached hydrogens (tertiary/aromatic N) is 4. The highest BCUT2D eigenvalue weighted by atomic mass is 16.5. The van der Waals surface area contributed by atoms with Crippen LogP contribution in [-0.2, 0) is 10.2 Å². The molecular weight excluding hydrogens is 344 g/mol. The zero-order chi connectivity index (χ0) is 19.2. The smallest absolute Gasteiger partial charge is 0.253 e. The van der Waals surface area contributed by atoms with Crippen molar-refractivity contribution in [3.05, 3.63) is 47.6 Å². The molecule has 7 heteroatoms. The number of benzene rings is 1. The van der Waals surface area contributed by atoms with Crippen LogP contribution in [0.1, 0.15) is 35.9 Å². The first-order valence-electron chi connectivity index (χ1n) is 9.34. The summed E-state index contributed by atoms with van der Waals surface area (Å²) in [6.45, 7) is 7.78. The molecule has 0 radical (unpaired) electrons. The number of carbonyl (C=O) groups excluding carboxylic acids is 2. The molecule has 2 atom stereocenters. The average molecular weight is 368 g/mol. The molecule has 7 nitrogen and oxygen atoms in total. The minimum atomic E-state index is -0.490. The van der Waals surface area contributed by atoms with Gasteiger partial charge in [0.1, 0.15) is 0 Å². The summed E-state index contributed by atoms with van der Waals surface area (Å²) >= 11 is 0. The first-order chi connectivity index (χ1) is 12.9. The Morgan fingerprint density at radius 1 is 1.15 bits per heavy atom. The molecule has 0 bridgehead atoms. The van der Waals surface area contributed by atoms with Gasteiger partial charge in [0.05, 0.1) is 5.41 Å². The second-order valence-electron chi connectivity index (χ2n) is 7.92. The van der Waals surface area contributed by atoms with Crippen molar-refractivity contribution in [2.75, 3.05) is 26.2 Å². The largest absolute Gasteiger partial charge is 0.341 e. The van der Waals surface area contributed by atoms with Crippen molar-refractivity contribution in [3.8, 4) is 0 Å². The number of hydrogen-bond acceptors (Lipinski definition) is 5. The fourth-order valence-electron chi connectivity index (χ4n) is 4.32. The minimum Gasteiger partial charge on any atom is -0.341 e. The number of fused-ring (bicyclic) bond motifs is 1. The van der Waals surface area contributed by atoms with E-state index in [0.717, 1.165) is 0 Å². The second kappa shape index (κ2) is 6.48. The molecule has 0 saturated carbocycles. The number of likely N-dealkylation sites (tertiary alicyclic amines) is 2. The normalized spacial score (nSPS) is 24.5. The molecule has 1 aromatic heterocycles. The summed E-state index contributed by atoms with van der Waals surface area (Å²) in [4.78, 5) is 33.8. The van der Waals surface area contributed by atoms with Crippen LogP contribution in [0.4, 0.5) is 0 Å². The molecule has 2 saturated heterocycles. The van der Waals surface area contributed by atoms with Gasteiger partial charge in [-0.1, -0.05) is 37.2 Å². The zero-order valence-electron chi connectivity index (χ0n) is 15.9. The molecule has 4 rings (SSSR count). The third-order valence-electron chi connectivity index (χ3n) is 5.68. The van der Waals surface area contributed by atoms with E-state index in [0.29, 0.717) is 43.5 Å². The van der Waals surface area contributed by atoms with Gasteiger partial charge in [0.15, 0.2) is 5.82 Å². The van der Waals surface area contributed by atoms with Crippen LogP contribution >= 0.6 is 0 Å². The fraction of sp³-hybridized carbons (Fsp3) is 0.500. The molecule has 142 valence electrons. The van der Waals surface area contributed by atoms with Crippen molar-refractivity contribution >= 4 is 11.8 Å². The summed E-state index contributed by atoms with van der Waals surface area (Å²) in [6, 6.07) is 9.28. The predicted octanol–water partition coefficient (Wildman–Crippen LogP) is 1.89. The van der Waals surface area contributed by atoms with E-state index < -0.39 is 5.41 Å². The topological polar surface area (TPSA) is 79.5 Å². The molecule has 3 heterocycles. The molecule has 2 amide bonds. The van der Waals surface area contributed by atoms with Gasteiger partial charge in [-0.25, -0.2) is 0 Å². The van der Waals surface area contributed by atoms with Crippen LogP contribution in [0.25, 0.3) is 0 Å². The third kappa shape index (κ3) is 2.91. The standard InChI is InChI=1S/C20H24N4O3/c1-13(2)17(25)23-9-16-10-24(18(26)15-7-5-4-6-8-15)12-20(16,11-23)19-21-14(3)22-27-19/h4-8,13,16H,9-12H2,1-3H3. The maximum absolute atomic E-state index is 13.0. The van der Waals surface area contributed by atoms with Gasteiger partial charge in [-0.3, -0.25) is 9.59 Å². The van der Waals surface area contributed by atoms with Crippen molar-refractivity contribution < 1.29 is 14.1 Å². The Labute approximate surface area is 158 Å². The monoisotopic (exact) mass is 368 g/mol.